The van der Waals surface area contributed by atoms with Crippen molar-refractivity contribution in [2.75, 3.05) is 58.2 Å². The van der Waals surface area contributed by atoms with Crippen LogP contribution in [0, 0.1) is 0 Å². The number of nitrogens with two attached hydrogens (primary N) is 1. The predicted octanol–water partition coefficient (Wildman–Crippen LogP) is 18.3. The molecule has 3 N–H and O–H groups in total. The summed E-state index contributed by atoms with van der Waals surface area (Å²) in [7, 11) is 0. The zero-order chi connectivity index (χ0) is 70.7. The number of likely N-dealkylation sites (tertiary alicyclic amines) is 2. The molecule has 0 spiro atoms. The van der Waals surface area contributed by atoms with Gasteiger partial charge in [-0.3, -0.25) is 44.4 Å². The third-order valence-electron chi connectivity index (χ3n) is 16.9. The number of para-hydroxylation sites is 1. The number of benzene rings is 4. The molecule has 0 atom stereocenters. The highest BCUT2D eigenvalue weighted by Gasteiger charge is 2.21. The molecule has 8 heterocycles. The number of anilines is 1. The summed E-state index contributed by atoms with van der Waals surface area (Å²) in [6.07, 6.45) is 21.9. The topological polar surface area (TPSA) is 183 Å². The van der Waals surface area contributed by atoms with E-state index in [0.717, 1.165) is 121 Å². The number of aliphatic hydroxyl groups is 1. The van der Waals surface area contributed by atoms with E-state index < -0.39 is 0 Å². The average molecular weight is 1390 g/mol. The van der Waals surface area contributed by atoms with Gasteiger partial charge in [0.15, 0.2) is 0 Å². The first-order valence-electron chi connectivity index (χ1n) is 33.7. The molecule has 12 rings (SSSR count). The van der Waals surface area contributed by atoms with E-state index in [0.29, 0.717) is 39.7 Å². The Balaban J connectivity index is 0.000000166. The summed E-state index contributed by atoms with van der Waals surface area (Å²) < 4.78 is 10.8. The third kappa shape index (κ3) is 22.1. The van der Waals surface area contributed by atoms with Gasteiger partial charge in [0.2, 0.25) is 0 Å². The lowest BCUT2D eigenvalue weighted by Crippen LogP contribution is -2.25. The Morgan fingerprint density at radius 2 is 0.818 bits per heavy atom. The van der Waals surface area contributed by atoms with Crippen molar-refractivity contribution in [3.63, 3.8) is 0 Å². The number of esters is 2. The van der Waals surface area contributed by atoms with Gasteiger partial charge in [-0.15, -0.1) is 0 Å². The lowest BCUT2D eigenvalue weighted by atomic mass is 9.90. The second-order valence-electron chi connectivity index (χ2n) is 28.0. The number of rotatable bonds is 16. The number of pyridine rings is 6. The fraction of sp³-hybridized carbons (Fsp3) is 0.317. The minimum atomic E-state index is -0.332. The Morgan fingerprint density at radius 1 is 0.444 bits per heavy atom. The van der Waals surface area contributed by atoms with Crippen LogP contribution in [0.25, 0.3) is 66.8 Å². The maximum Gasteiger partial charge on any atom is 0.315 e. The van der Waals surface area contributed by atoms with Crippen LogP contribution >= 0.6 is 34.8 Å². The number of halogens is 3. The van der Waals surface area contributed by atoms with Crippen LogP contribution in [0.4, 0.5) is 5.69 Å². The first-order valence-corrected chi connectivity index (χ1v) is 34.9. The van der Waals surface area contributed by atoms with Crippen molar-refractivity contribution in [3.05, 3.63) is 239 Å². The van der Waals surface area contributed by atoms with E-state index in [1.54, 1.807) is 30.5 Å². The van der Waals surface area contributed by atoms with Crippen LogP contribution in [-0.2, 0) is 43.4 Å². The highest BCUT2D eigenvalue weighted by Crippen LogP contribution is 2.37. The summed E-state index contributed by atoms with van der Waals surface area (Å²) >= 11 is 19.6. The van der Waals surface area contributed by atoms with Crippen LogP contribution in [0.1, 0.15) is 116 Å². The maximum atomic E-state index is 12.3. The van der Waals surface area contributed by atoms with E-state index in [2.05, 4.69) is 138 Å². The zero-order valence-corrected chi connectivity index (χ0v) is 60.5. The number of β-amino-alcohol motifs (C(OH)–C–C–N with tert-alkyl or cyclic N) is 1. The number of hydrogen-bond donors (Lipinski definition) is 2. The number of carbonyl (C=O) groups is 2. The molecule has 2 aliphatic rings. The van der Waals surface area contributed by atoms with Crippen LogP contribution in [0.15, 0.2) is 195 Å². The van der Waals surface area contributed by atoms with Gasteiger partial charge in [0.05, 0.1) is 24.5 Å². The molecule has 514 valence electrons. The molecule has 0 saturated carbocycles. The van der Waals surface area contributed by atoms with Gasteiger partial charge < -0.3 is 25.2 Å². The van der Waals surface area contributed by atoms with Crippen LogP contribution in [0.3, 0.4) is 0 Å². The number of nitrogen functional groups attached to an aromatic ring is 1. The Morgan fingerprint density at radius 3 is 1.20 bits per heavy atom. The fourth-order valence-electron chi connectivity index (χ4n) is 11.3. The second kappa shape index (κ2) is 34.9. The largest absolute Gasteiger partial charge is 0.464 e. The van der Waals surface area contributed by atoms with Gasteiger partial charge >= 0.3 is 11.9 Å². The average Bonchev–Trinajstić information content (AvgIpc) is 1.61. The molecule has 0 amide bonds. The Hall–Kier alpha value is -8.73. The highest BCUT2D eigenvalue weighted by molar-refractivity contribution is 6.34. The molecule has 0 aliphatic carbocycles. The molecule has 2 saturated heterocycles. The highest BCUT2D eigenvalue weighted by atomic mass is 35.5. The minimum Gasteiger partial charge on any atom is -0.464 e. The number of aromatic nitrogens is 6. The number of nitrogens with zero attached hydrogens (tertiary/aromatic N) is 8. The van der Waals surface area contributed by atoms with Crippen LogP contribution in [0.2, 0.25) is 15.1 Å². The van der Waals surface area contributed by atoms with Crippen molar-refractivity contribution in [3.8, 4) is 72.5 Å². The van der Waals surface area contributed by atoms with Gasteiger partial charge in [0.25, 0.3) is 0 Å². The lowest BCUT2D eigenvalue weighted by molar-refractivity contribution is -0.143. The Bertz CT molecular complexity index is 4330. The number of carbonyl (C=O) groups excluding carboxylic acids is 2. The first-order chi connectivity index (χ1) is 47.4. The molecule has 99 heavy (non-hydrogen) atoms. The molecule has 0 bridgehead atoms. The molecule has 2 aliphatic heterocycles. The van der Waals surface area contributed by atoms with E-state index in [9.17, 15) is 9.59 Å². The van der Waals surface area contributed by atoms with Gasteiger partial charge in [-0.05, 0) is 171 Å². The fourth-order valence-corrected chi connectivity index (χ4v) is 12.3. The smallest absolute Gasteiger partial charge is 0.315 e. The lowest BCUT2D eigenvalue weighted by Gasteiger charge is -2.18. The summed E-state index contributed by atoms with van der Waals surface area (Å²) in [6.45, 7) is 26.4. The molecule has 2 fully saturated rings. The predicted molar refractivity (Wildman–Crippen MR) is 403 cm³/mol. The van der Waals surface area contributed by atoms with Gasteiger partial charge in [0.1, 0.15) is 12.4 Å². The van der Waals surface area contributed by atoms with Crippen molar-refractivity contribution in [2.24, 2.45) is 0 Å². The molecular formula is C82H90Cl3N9O5. The quantitative estimate of drug-likeness (QED) is 0.0529. The summed E-state index contributed by atoms with van der Waals surface area (Å²) in [5, 5.41) is 10.3. The van der Waals surface area contributed by atoms with Gasteiger partial charge in [-0.25, -0.2) is 0 Å². The van der Waals surface area contributed by atoms with E-state index in [1.807, 2.05) is 128 Å². The van der Waals surface area contributed by atoms with E-state index in [-0.39, 0.29) is 41.0 Å². The van der Waals surface area contributed by atoms with Gasteiger partial charge in [-0.2, -0.15) is 0 Å². The maximum absolute atomic E-state index is 12.3. The number of ether oxygens (including phenoxy) is 2. The normalized spacial score (nSPS) is 13.3. The van der Waals surface area contributed by atoms with Crippen molar-refractivity contribution in [2.45, 2.75) is 117 Å². The summed E-state index contributed by atoms with van der Waals surface area (Å²) in [5.74, 6) is -0.0288. The SMILES string of the molecule is CC(C)(C)c1cc(-c2cncc(-c3ccc(CC(=O)OCCN4CCCC4)cc3Cl)c2)ccn1.CC(C)(C)c1cc(-c2cncc(-c3ccc(CC(=O)Oc4ccccc4)cc3Cl)c2)ccn1.CC(C)(C)c1cc(-c2cncc(-c3ccc(N)cc3Cl)c2)ccn1.OCCN1CCCC1. The number of hydrogen-bond acceptors (Lipinski definition) is 14. The minimum absolute atomic E-state index is 0.00130. The summed E-state index contributed by atoms with van der Waals surface area (Å²) in [5.41, 5.74) is 22.8. The van der Waals surface area contributed by atoms with Gasteiger partial charge in [-0.1, -0.05) is 146 Å². The van der Waals surface area contributed by atoms with Crippen LogP contribution in [0.5, 0.6) is 5.75 Å². The van der Waals surface area contributed by atoms with Crippen molar-refractivity contribution in [1.82, 2.24) is 39.7 Å². The van der Waals surface area contributed by atoms with Crippen molar-refractivity contribution in [1.29, 1.82) is 0 Å². The van der Waals surface area contributed by atoms with Crippen molar-refractivity contribution < 1.29 is 24.2 Å². The molecular weight excluding hydrogens is 1300 g/mol. The standard InChI is InChI=1S/C28H32ClN3O2.C28H25ClN2O2.C20H20ClN3.C6H13NO/c1-28(2,3)26-17-21(8-9-31-26)22-16-23(19-30-18-22)24-7-6-20(14-25(24)29)15-27(33)34-13-12-32-10-4-5-11-32;1-28(2,3)26-16-20(11-12-31-26)21-15-22(18-30-17-21)24-10-9-19(13-25(24)29)14-27(32)33-23-7-5-4-6-8-23;1-20(2,3)19-9-13(6-7-24-19)14-8-15(12-23-11-14)17-5-4-16(22)10-18(17)21;8-6-5-7-3-1-2-4-7/h6-9,14,16-19H,4-5,10-13,15H2,1-3H3;4-13,15-18H,14H2,1-3H3;4-12H,22H2,1-3H3;8H,1-6H2. The van der Waals surface area contributed by atoms with Crippen molar-refractivity contribution >= 4 is 52.4 Å². The summed E-state index contributed by atoms with van der Waals surface area (Å²) in [4.78, 5) is 55.9. The monoisotopic (exact) mass is 1390 g/mol. The van der Waals surface area contributed by atoms with E-state index >= 15 is 0 Å². The Labute approximate surface area is 599 Å². The summed E-state index contributed by atoms with van der Waals surface area (Å²) in [6, 6.07) is 44.4. The molecule has 14 nitrogen and oxygen atoms in total. The third-order valence-corrected chi connectivity index (χ3v) is 17.9. The van der Waals surface area contributed by atoms with Gasteiger partial charge in [0, 0.05) is 168 Å². The van der Waals surface area contributed by atoms with Crippen LogP contribution < -0.4 is 10.5 Å². The molecule has 17 heteroatoms. The Kier molecular flexibility index (Phi) is 26.2. The molecule has 6 aromatic heterocycles. The molecule has 4 aromatic carbocycles. The zero-order valence-electron chi connectivity index (χ0n) is 58.2. The first kappa shape index (κ1) is 74.5. The van der Waals surface area contributed by atoms with E-state index in [4.69, 9.17) is 55.1 Å². The van der Waals surface area contributed by atoms with Crippen LogP contribution in [-0.4, -0.2) is 109 Å². The molecule has 0 radical (unpaired) electrons. The second-order valence-corrected chi connectivity index (χ2v) is 29.2. The van der Waals surface area contributed by atoms with E-state index in [1.165, 1.54) is 38.8 Å². The molecule has 0 unspecified atom stereocenters. The number of aliphatic hydroxyl groups excluding tert-OH is 1. The molecule has 10 aromatic rings.